The maximum absolute atomic E-state index is 12.5. The van der Waals surface area contributed by atoms with Gasteiger partial charge in [-0.2, -0.15) is 0 Å². The zero-order valence-electron chi connectivity index (χ0n) is 14.4. The molecule has 0 amide bonds. The van der Waals surface area contributed by atoms with Crippen LogP contribution >= 0.6 is 11.6 Å². The summed E-state index contributed by atoms with van der Waals surface area (Å²) in [5, 5.41) is 3.89. The minimum atomic E-state index is 0.0816. The van der Waals surface area contributed by atoms with Crippen LogP contribution in [0.25, 0.3) is 0 Å². The van der Waals surface area contributed by atoms with Gasteiger partial charge in [0.05, 0.1) is 11.3 Å². The van der Waals surface area contributed by atoms with Crippen molar-refractivity contribution < 1.29 is 4.79 Å². The van der Waals surface area contributed by atoms with E-state index in [4.69, 9.17) is 11.6 Å². The van der Waals surface area contributed by atoms with Crippen LogP contribution in [0.15, 0.2) is 54.7 Å². The lowest BCUT2D eigenvalue weighted by Gasteiger charge is -2.23. The normalized spacial score (nSPS) is 16.2. The minimum absolute atomic E-state index is 0.0816. The number of halogens is 1. The number of anilines is 2. The molecule has 1 aliphatic carbocycles. The molecule has 130 valence electrons. The predicted octanol–water partition coefficient (Wildman–Crippen LogP) is 5.09. The van der Waals surface area contributed by atoms with E-state index in [1.807, 2.05) is 55.5 Å². The Balaban J connectivity index is 1.61. The molecule has 1 aromatic heterocycles. The third kappa shape index (κ3) is 3.46. The summed E-state index contributed by atoms with van der Waals surface area (Å²) in [5.74, 6) is 0.682. The molecule has 0 spiro atoms. The molecular formula is C21H18ClN3O. The highest BCUT2D eigenvalue weighted by Crippen LogP contribution is 2.33. The Kier molecular flexibility index (Phi) is 4.43. The van der Waals surface area contributed by atoms with Crippen LogP contribution in [0.2, 0.25) is 5.02 Å². The molecule has 1 unspecified atom stereocenters. The number of benzene rings is 2. The molecule has 1 atom stereocenters. The van der Waals surface area contributed by atoms with Crippen LogP contribution in [0.5, 0.6) is 0 Å². The van der Waals surface area contributed by atoms with Crippen molar-refractivity contribution >= 4 is 29.0 Å². The summed E-state index contributed by atoms with van der Waals surface area (Å²) in [4.78, 5) is 21.4. The Morgan fingerprint density at radius 3 is 2.69 bits per heavy atom. The maximum atomic E-state index is 12.5. The van der Waals surface area contributed by atoms with Gasteiger partial charge in [0.15, 0.2) is 5.78 Å². The standard InChI is InChI=1S/C21H18ClN3O/c1-13-5-7-17(8-6-13)24-21-23-12-18-19(25-21)10-15(11-20(18)26)14-3-2-4-16(22)9-14/h2-9,12,15H,10-11H2,1H3,(H,23,24,25). The number of nitrogens with zero attached hydrogens (tertiary/aromatic N) is 2. The molecule has 0 saturated heterocycles. The minimum Gasteiger partial charge on any atom is -0.324 e. The van der Waals surface area contributed by atoms with Gasteiger partial charge in [0.2, 0.25) is 5.95 Å². The summed E-state index contributed by atoms with van der Waals surface area (Å²) in [6.45, 7) is 2.04. The van der Waals surface area contributed by atoms with Gasteiger partial charge in [-0.3, -0.25) is 4.79 Å². The molecule has 0 bridgehead atoms. The molecule has 1 heterocycles. The van der Waals surface area contributed by atoms with Gasteiger partial charge in [-0.05, 0) is 49.1 Å². The molecule has 0 fully saturated rings. The van der Waals surface area contributed by atoms with Crippen molar-refractivity contribution in [1.82, 2.24) is 9.97 Å². The van der Waals surface area contributed by atoms with Crippen molar-refractivity contribution in [3.8, 4) is 0 Å². The van der Waals surface area contributed by atoms with Crippen molar-refractivity contribution in [3.05, 3.63) is 82.1 Å². The lowest BCUT2D eigenvalue weighted by molar-refractivity contribution is 0.0962. The highest BCUT2D eigenvalue weighted by Gasteiger charge is 2.28. The Morgan fingerprint density at radius 2 is 1.92 bits per heavy atom. The van der Waals surface area contributed by atoms with E-state index < -0.39 is 0 Å². The topological polar surface area (TPSA) is 54.9 Å². The average Bonchev–Trinajstić information content (AvgIpc) is 2.63. The monoisotopic (exact) mass is 363 g/mol. The van der Waals surface area contributed by atoms with Crippen LogP contribution in [0.1, 0.15) is 39.5 Å². The number of hydrogen-bond donors (Lipinski definition) is 1. The molecule has 0 radical (unpaired) electrons. The van der Waals surface area contributed by atoms with Gasteiger partial charge in [0.1, 0.15) is 0 Å². The molecule has 5 heteroatoms. The first-order chi connectivity index (χ1) is 12.6. The van der Waals surface area contributed by atoms with Crippen LogP contribution in [0.4, 0.5) is 11.6 Å². The van der Waals surface area contributed by atoms with E-state index in [1.165, 1.54) is 5.56 Å². The second kappa shape index (κ2) is 6.89. The Bertz CT molecular complexity index is 969. The predicted molar refractivity (Wildman–Crippen MR) is 103 cm³/mol. The molecule has 4 rings (SSSR count). The van der Waals surface area contributed by atoms with Crippen molar-refractivity contribution in [2.45, 2.75) is 25.7 Å². The molecule has 1 N–H and O–H groups in total. The Morgan fingerprint density at radius 1 is 1.12 bits per heavy atom. The summed E-state index contributed by atoms with van der Waals surface area (Å²) in [7, 11) is 0. The lowest BCUT2D eigenvalue weighted by Crippen LogP contribution is -2.21. The third-order valence-electron chi connectivity index (χ3n) is 4.67. The van der Waals surface area contributed by atoms with E-state index in [-0.39, 0.29) is 11.7 Å². The molecule has 1 aliphatic rings. The molecule has 26 heavy (non-hydrogen) atoms. The molecule has 4 nitrogen and oxygen atoms in total. The smallest absolute Gasteiger partial charge is 0.227 e. The van der Waals surface area contributed by atoms with E-state index in [0.29, 0.717) is 29.4 Å². The SMILES string of the molecule is Cc1ccc(Nc2ncc3c(n2)CC(c2cccc(Cl)c2)CC3=O)cc1. The quantitative estimate of drug-likeness (QED) is 0.703. The second-order valence-electron chi connectivity index (χ2n) is 6.63. The van der Waals surface area contributed by atoms with Crippen molar-refractivity contribution in [3.63, 3.8) is 0 Å². The lowest BCUT2D eigenvalue weighted by atomic mass is 9.82. The van der Waals surface area contributed by atoms with E-state index in [9.17, 15) is 4.79 Å². The number of hydrogen-bond acceptors (Lipinski definition) is 4. The van der Waals surface area contributed by atoms with Crippen LogP contribution in [0.3, 0.4) is 0 Å². The molecule has 0 saturated carbocycles. The first-order valence-corrected chi connectivity index (χ1v) is 8.94. The largest absolute Gasteiger partial charge is 0.324 e. The van der Waals surface area contributed by atoms with Crippen LogP contribution in [-0.2, 0) is 6.42 Å². The fraction of sp³-hybridized carbons (Fsp3) is 0.190. The molecule has 0 aliphatic heterocycles. The van der Waals surface area contributed by atoms with Gasteiger partial charge in [-0.1, -0.05) is 41.4 Å². The number of aryl methyl sites for hydroxylation is 1. The number of aromatic nitrogens is 2. The summed E-state index contributed by atoms with van der Waals surface area (Å²) >= 11 is 6.11. The molecular weight excluding hydrogens is 346 g/mol. The molecule has 2 aromatic carbocycles. The van der Waals surface area contributed by atoms with E-state index in [0.717, 1.165) is 16.9 Å². The highest BCUT2D eigenvalue weighted by molar-refractivity contribution is 6.30. The van der Waals surface area contributed by atoms with Gasteiger partial charge in [0.25, 0.3) is 0 Å². The zero-order chi connectivity index (χ0) is 18.1. The number of carbonyl (C=O) groups excluding carboxylic acids is 1. The maximum Gasteiger partial charge on any atom is 0.227 e. The van der Waals surface area contributed by atoms with Crippen LogP contribution in [0, 0.1) is 6.92 Å². The average molecular weight is 364 g/mol. The summed E-state index contributed by atoms with van der Waals surface area (Å²) in [5.41, 5.74) is 4.60. The van der Waals surface area contributed by atoms with E-state index in [1.54, 1.807) is 6.20 Å². The molecule has 3 aromatic rings. The number of ketones is 1. The van der Waals surface area contributed by atoms with Crippen molar-refractivity contribution in [2.75, 3.05) is 5.32 Å². The van der Waals surface area contributed by atoms with Gasteiger partial charge in [-0.25, -0.2) is 9.97 Å². The van der Waals surface area contributed by atoms with Gasteiger partial charge < -0.3 is 5.32 Å². The third-order valence-corrected chi connectivity index (χ3v) is 4.90. The van der Waals surface area contributed by atoms with Gasteiger partial charge in [0, 0.05) is 23.3 Å². The highest BCUT2D eigenvalue weighted by atomic mass is 35.5. The zero-order valence-corrected chi connectivity index (χ0v) is 15.1. The number of carbonyl (C=O) groups is 1. The van der Waals surface area contributed by atoms with Gasteiger partial charge >= 0.3 is 0 Å². The number of fused-ring (bicyclic) bond motifs is 1. The number of rotatable bonds is 3. The fourth-order valence-electron chi connectivity index (χ4n) is 3.27. The van der Waals surface area contributed by atoms with E-state index >= 15 is 0 Å². The van der Waals surface area contributed by atoms with Crippen molar-refractivity contribution in [2.24, 2.45) is 0 Å². The number of Topliss-reactive ketones (excluding diaryl/α,β-unsaturated/α-hetero) is 1. The summed E-state index contributed by atoms with van der Waals surface area (Å²) < 4.78 is 0. The first-order valence-electron chi connectivity index (χ1n) is 8.57. The fourth-order valence-corrected chi connectivity index (χ4v) is 3.47. The first kappa shape index (κ1) is 16.7. The van der Waals surface area contributed by atoms with E-state index in [2.05, 4.69) is 15.3 Å². The Hall–Kier alpha value is -2.72. The summed E-state index contributed by atoms with van der Waals surface area (Å²) in [6.07, 6.45) is 2.79. The van der Waals surface area contributed by atoms with Crippen molar-refractivity contribution in [1.29, 1.82) is 0 Å². The van der Waals surface area contributed by atoms with Gasteiger partial charge in [-0.15, -0.1) is 0 Å². The summed E-state index contributed by atoms with van der Waals surface area (Å²) in [6, 6.07) is 15.7. The van der Waals surface area contributed by atoms with Crippen LogP contribution < -0.4 is 5.32 Å². The second-order valence-corrected chi connectivity index (χ2v) is 7.06. The Labute approximate surface area is 157 Å². The number of nitrogens with one attached hydrogen (secondary N) is 1. The van der Waals surface area contributed by atoms with Crippen LogP contribution in [-0.4, -0.2) is 15.8 Å².